The smallest absolute Gasteiger partial charge is 0.265 e. The number of rotatable bonds is 25. The van der Waals surface area contributed by atoms with Gasteiger partial charge in [0.25, 0.3) is 10.1 Å². The maximum absolute atomic E-state index is 11.4. The van der Waals surface area contributed by atoms with E-state index in [0.29, 0.717) is 17.4 Å². The van der Waals surface area contributed by atoms with Crippen LogP contribution < -0.4 is 0 Å². The number of unbranched alkanes of at least 4 members (excludes halogenated alkanes) is 15. The Morgan fingerprint density at radius 1 is 0.543 bits per heavy atom. The Bertz CT molecular complexity index is 593. The Balaban J connectivity index is 5.26. The minimum absolute atomic E-state index is 0.187. The second-order valence-electron chi connectivity index (χ2n) is 10.1. The molecule has 0 aromatic heterocycles. The molecule has 0 atom stereocenters. The van der Waals surface area contributed by atoms with Crippen molar-refractivity contribution in [2.75, 3.05) is 12.3 Å². The maximum Gasteiger partial charge on any atom is 0.265 e. The van der Waals surface area contributed by atoms with Crippen LogP contribution in [0.15, 0.2) is 36.8 Å². The summed E-state index contributed by atoms with van der Waals surface area (Å²) < 4.78 is 32.5. The Labute approximate surface area is 219 Å². The van der Waals surface area contributed by atoms with Crippen molar-refractivity contribution in [1.29, 1.82) is 0 Å². The van der Waals surface area contributed by atoms with Crippen molar-refractivity contribution in [3.63, 3.8) is 0 Å². The van der Waals surface area contributed by atoms with E-state index in [4.69, 9.17) is 0 Å². The van der Waals surface area contributed by atoms with E-state index in [9.17, 15) is 13.0 Å². The number of hydrogen-bond donors (Lipinski definition) is 1. The zero-order chi connectivity index (χ0) is 26.1. The first-order valence-electron chi connectivity index (χ1n) is 14.7. The molecule has 0 radical (unpaired) electrons. The zero-order valence-electron chi connectivity index (χ0n) is 23.4. The standard InChI is InChI=1S/C30H57NO3S/c1-4-7-10-13-16-19-22-26-31(29-25-30-35(32,33)34,27-23-20-17-14-11-8-5-2)28-24-21-18-15-12-9-6-3/h22-24,26-28H,4-21,25,29-30H2,1-3H3/p+1/b26-22+,27-23+,28-24+. The minimum Gasteiger partial charge on any atom is -0.286 e. The zero-order valence-corrected chi connectivity index (χ0v) is 24.2. The van der Waals surface area contributed by atoms with Crippen molar-refractivity contribution in [3.05, 3.63) is 36.8 Å². The van der Waals surface area contributed by atoms with E-state index in [1.165, 1.54) is 96.3 Å². The van der Waals surface area contributed by atoms with Crippen molar-refractivity contribution >= 4 is 10.1 Å². The molecule has 5 heteroatoms. The van der Waals surface area contributed by atoms with E-state index >= 15 is 0 Å². The van der Waals surface area contributed by atoms with Crippen LogP contribution in [0.25, 0.3) is 0 Å². The van der Waals surface area contributed by atoms with Gasteiger partial charge in [-0.1, -0.05) is 97.8 Å². The normalized spacial score (nSPS) is 13.1. The van der Waals surface area contributed by atoms with Gasteiger partial charge in [0, 0.05) is 6.42 Å². The van der Waals surface area contributed by atoms with Crippen LogP contribution >= 0.6 is 0 Å². The van der Waals surface area contributed by atoms with Crippen molar-refractivity contribution in [2.45, 2.75) is 143 Å². The molecule has 0 aromatic rings. The Kier molecular flexibility index (Phi) is 22.9. The highest BCUT2D eigenvalue weighted by molar-refractivity contribution is 7.85. The van der Waals surface area contributed by atoms with E-state index < -0.39 is 10.1 Å². The summed E-state index contributed by atoms with van der Waals surface area (Å²) in [6, 6.07) is 0. The quantitative estimate of drug-likeness (QED) is 0.0752. The fourth-order valence-corrected chi connectivity index (χ4v) is 4.80. The summed E-state index contributed by atoms with van der Waals surface area (Å²) in [5, 5.41) is 0. The molecule has 0 unspecified atom stereocenters. The van der Waals surface area contributed by atoms with E-state index in [1.54, 1.807) is 0 Å². The summed E-state index contributed by atoms with van der Waals surface area (Å²) >= 11 is 0. The number of nitrogens with zero attached hydrogens (tertiary/aromatic N) is 1. The summed E-state index contributed by atoms with van der Waals surface area (Å²) in [7, 11) is -3.94. The molecular weight excluding hydrogens is 454 g/mol. The van der Waals surface area contributed by atoms with Gasteiger partial charge in [-0.05, 0) is 56.8 Å². The molecule has 35 heavy (non-hydrogen) atoms. The van der Waals surface area contributed by atoms with E-state index in [0.717, 1.165) is 19.3 Å². The Hall–Kier alpha value is -0.910. The molecule has 0 aromatic carbocycles. The highest BCUT2D eigenvalue weighted by atomic mass is 32.2. The molecule has 0 fully saturated rings. The molecule has 0 aliphatic carbocycles. The topological polar surface area (TPSA) is 54.4 Å². The SMILES string of the molecule is CCCCCCC/C=C/[N+](/C=C/CCCCCCC)(/C=C/CCCCCCC)CCCS(=O)(=O)O. The van der Waals surface area contributed by atoms with Gasteiger partial charge in [-0.3, -0.25) is 4.55 Å². The first kappa shape index (κ1) is 34.1. The highest BCUT2D eigenvalue weighted by Crippen LogP contribution is 2.18. The molecule has 0 heterocycles. The van der Waals surface area contributed by atoms with Crippen LogP contribution in [0.4, 0.5) is 0 Å². The molecule has 0 amide bonds. The van der Waals surface area contributed by atoms with E-state index in [1.807, 2.05) is 0 Å². The maximum atomic E-state index is 11.4. The van der Waals surface area contributed by atoms with Crippen LogP contribution in [0.1, 0.15) is 143 Å². The Morgan fingerprint density at radius 2 is 0.886 bits per heavy atom. The largest absolute Gasteiger partial charge is 0.286 e. The molecule has 0 saturated heterocycles. The van der Waals surface area contributed by atoms with Crippen molar-refractivity contribution in [1.82, 2.24) is 0 Å². The summed E-state index contributed by atoms with van der Waals surface area (Å²) in [6.07, 6.45) is 36.1. The van der Waals surface area contributed by atoms with Gasteiger partial charge in [0.05, 0.1) is 12.3 Å². The van der Waals surface area contributed by atoms with Crippen LogP contribution in [0.5, 0.6) is 0 Å². The van der Waals surface area contributed by atoms with Crippen LogP contribution in [0.2, 0.25) is 0 Å². The average molecular weight is 513 g/mol. The number of hydrogen-bond acceptors (Lipinski definition) is 2. The average Bonchev–Trinajstić information content (AvgIpc) is 2.81. The molecule has 0 aliphatic rings. The van der Waals surface area contributed by atoms with Crippen LogP contribution in [0.3, 0.4) is 0 Å². The van der Waals surface area contributed by atoms with Crippen LogP contribution in [0, 0.1) is 0 Å². The lowest BCUT2D eigenvalue weighted by Gasteiger charge is -2.27. The minimum atomic E-state index is -3.94. The lowest BCUT2D eigenvalue weighted by atomic mass is 10.1. The van der Waals surface area contributed by atoms with Gasteiger partial charge in [-0.15, -0.1) is 0 Å². The van der Waals surface area contributed by atoms with Crippen LogP contribution in [-0.4, -0.2) is 29.8 Å². The van der Waals surface area contributed by atoms with Crippen molar-refractivity contribution in [2.24, 2.45) is 0 Å². The first-order valence-corrected chi connectivity index (χ1v) is 16.4. The second kappa shape index (κ2) is 23.5. The van der Waals surface area contributed by atoms with Gasteiger partial charge in [0.15, 0.2) is 0 Å². The van der Waals surface area contributed by atoms with Gasteiger partial charge < -0.3 is 0 Å². The molecule has 0 saturated carbocycles. The number of quaternary nitrogens is 1. The molecular formula is C30H58NO3S+. The molecule has 0 aliphatic heterocycles. The predicted molar refractivity (Wildman–Crippen MR) is 154 cm³/mol. The third kappa shape index (κ3) is 23.3. The third-order valence-electron chi connectivity index (χ3n) is 6.52. The predicted octanol–water partition coefficient (Wildman–Crippen LogP) is 9.70. The first-order chi connectivity index (χ1) is 16.9. The third-order valence-corrected chi connectivity index (χ3v) is 7.32. The highest BCUT2D eigenvalue weighted by Gasteiger charge is 2.20. The molecule has 0 spiro atoms. The molecule has 206 valence electrons. The Morgan fingerprint density at radius 3 is 1.20 bits per heavy atom. The molecule has 4 nitrogen and oxygen atoms in total. The lowest BCUT2D eigenvalue weighted by Crippen LogP contribution is -2.33. The van der Waals surface area contributed by atoms with Gasteiger partial charge in [0.2, 0.25) is 0 Å². The lowest BCUT2D eigenvalue weighted by molar-refractivity contribution is -0.773. The van der Waals surface area contributed by atoms with Gasteiger partial charge >= 0.3 is 0 Å². The van der Waals surface area contributed by atoms with Gasteiger partial charge in [0.1, 0.15) is 18.6 Å². The summed E-state index contributed by atoms with van der Waals surface area (Å²) in [5.74, 6) is -0.187. The van der Waals surface area contributed by atoms with Crippen molar-refractivity contribution in [3.8, 4) is 0 Å². The summed E-state index contributed by atoms with van der Waals surface area (Å²) in [5.41, 5.74) is 0. The second-order valence-corrected chi connectivity index (χ2v) is 11.7. The van der Waals surface area contributed by atoms with Gasteiger partial charge in [-0.25, -0.2) is 4.48 Å². The van der Waals surface area contributed by atoms with Gasteiger partial charge in [-0.2, -0.15) is 8.42 Å². The molecule has 0 rings (SSSR count). The molecule has 1 N–H and O–H groups in total. The number of allylic oxidation sites excluding steroid dienone is 3. The summed E-state index contributed by atoms with van der Waals surface area (Å²) in [4.78, 5) is 0. The van der Waals surface area contributed by atoms with Crippen molar-refractivity contribution < 1.29 is 17.5 Å². The fraction of sp³-hybridized carbons (Fsp3) is 0.800. The molecule has 0 bridgehead atoms. The van der Waals surface area contributed by atoms with Crippen LogP contribution in [-0.2, 0) is 10.1 Å². The summed E-state index contributed by atoms with van der Waals surface area (Å²) in [6.45, 7) is 7.37. The van der Waals surface area contributed by atoms with E-state index in [-0.39, 0.29) is 5.75 Å². The monoisotopic (exact) mass is 512 g/mol. The van der Waals surface area contributed by atoms with E-state index in [2.05, 4.69) is 57.6 Å². The fourth-order valence-electron chi connectivity index (χ4n) is 4.30.